The van der Waals surface area contributed by atoms with Crippen LogP contribution in [0.3, 0.4) is 0 Å². The van der Waals surface area contributed by atoms with Gasteiger partial charge in [-0.2, -0.15) is 0 Å². The molecule has 1 aromatic heterocycles. The van der Waals surface area contributed by atoms with E-state index in [1.165, 1.54) is 11.1 Å². The van der Waals surface area contributed by atoms with Gasteiger partial charge in [0.2, 0.25) is 0 Å². The molecule has 5 nitrogen and oxygen atoms in total. The Labute approximate surface area is 148 Å². The van der Waals surface area contributed by atoms with Crippen LogP contribution in [-0.4, -0.2) is 32.3 Å². The van der Waals surface area contributed by atoms with Crippen molar-refractivity contribution in [3.05, 3.63) is 76.0 Å². The van der Waals surface area contributed by atoms with E-state index in [1.807, 2.05) is 41.3 Å². The molecule has 0 unspecified atom stereocenters. The van der Waals surface area contributed by atoms with Gasteiger partial charge in [-0.15, -0.1) is 5.10 Å². The summed E-state index contributed by atoms with van der Waals surface area (Å²) in [6.07, 6.45) is 2.56. The predicted molar refractivity (Wildman–Crippen MR) is 93.9 cm³/mol. The van der Waals surface area contributed by atoms with Gasteiger partial charge in [-0.1, -0.05) is 41.6 Å². The summed E-state index contributed by atoms with van der Waals surface area (Å²) < 4.78 is 2.52. The first-order valence-corrected chi connectivity index (χ1v) is 8.55. The molecule has 4 rings (SSSR count). The first-order valence-electron chi connectivity index (χ1n) is 7.76. The van der Waals surface area contributed by atoms with E-state index in [0.29, 0.717) is 18.8 Å². The molecule has 6 heteroatoms. The van der Waals surface area contributed by atoms with Crippen LogP contribution >= 0.6 is 15.9 Å². The van der Waals surface area contributed by atoms with Crippen LogP contribution in [-0.2, 0) is 13.0 Å². The van der Waals surface area contributed by atoms with Crippen molar-refractivity contribution in [1.29, 1.82) is 0 Å². The van der Waals surface area contributed by atoms with Gasteiger partial charge in [-0.25, -0.2) is 4.68 Å². The Morgan fingerprint density at radius 2 is 1.79 bits per heavy atom. The fourth-order valence-corrected chi connectivity index (χ4v) is 3.41. The van der Waals surface area contributed by atoms with Crippen LogP contribution in [0.5, 0.6) is 0 Å². The lowest BCUT2D eigenvalue weighted by molar-refractivity contribution is 0.0728. The first-order chi connectivity index (χ1) is 11.7. The van der Waals surface area contributed by atoms with Gasteiger partial charge in [-0.05, 0) is 45.6 Å². The largest absolute Gasteiger partial charge is 0.333 e. The highest BCUT2D eigenvalue weighted by atomic mass is 79.9. The Kier molecular flexibility index (Phi) is 3.90. The summed E-state index contributed by atoms with van der Waals surface area (Å²) >= 11 is 3.49. The number of nitrogens with zero attached hydrogens (tertiary/aromatic N) is 4. The second-order valence-corrected chi connectivity index (χ2v) is 6.60. The second kappa shape index (κ2) is 6.20. The summed E-state index contributed by atoms with van der Waals surface area (Å²) in [4.78, 5) is 14.6. The highest BCUT2D eigenvalue weighted by molar-refractivity contribution is 9.10. The van der Waals surface area contributed by atoms with Crippen LogP contribution in [0.2, 0.25) is 0 Å². The molecule has 3 aromatic rings. The van der Waals surface area contributed by atoms with E-state index < -0.39 is 0 Å². The smallest absolute Gasteiger partial charge is 0.276 e. The van der Waals surface area contributed by atoms with E-state index in [1.54, 1.807) is 10.9 Å². The number of carbonyl (C=O) groups is 1. The molecule has 0 atom stereocenters. The van der Waals surface area contributed by atoms with Crippen LogP contribution in [0.15, 0.2) is 59.2 Å². The Hall–Kier alpha value is -2.47. The summed E-state index contributed by atoms with van der Waals surface area (Å²) in [6.45, 7) is 1.33. The number of benzene rings is 2. The third-order valence-electron chi connectivity index (χ3n) is 4.23. The topological polar surface area (TPSA) is 51.0 Å². The van der Waals surface area contributed by atoms with Crippen molar-refractivity contribution in [2.75, 3.05) is 6.54 Å². The van der Waals surface area contributed by atoms with Crippen molar-refractivity contribution < 1.29 is 4.79 Å². The molecule has 1 amide bonds. The third kappa shape index (κ3) is 2.73. The van der Waals surface area contributed by atoms with Crippen molar-refractivity contribution in [3.63, 3.8) is 0 Å². The molecule has 0 N–H and O–H groups in total. The van der Waals surface area contributed by atoms with Crippen LogP contribution in [0.1, 0.15) is 21.6 Å². The molecule has 0 saturated carbocycles. The van der Waals surface area contributed by atoms with E-state index in [2.05, 4.69) is 38.4 Å². The predicted octanol–water partition coefficient (Wildman–Crippen LogP) is 3.23. The standard InChI is InChI=1S/C18H15BrN4O/c19-15-7-3-4-8-17(15)23-12-16(20-21-23)18(24)22-10-9-13-5-1-2-6-14(13)11-22/h1-8,12H,9-11H2. The number of rotatable bonds is 2. The zero-order valence-electron chi connectivity index (χ0n) is 12.9. The molecule has 2 aromatic carbocycles. The van der Waals surface area contributed by atoms with Gasteiger partial charge in [-0.3, -0.25) is 4.79 Å². The molecule has 0 aliphatic carbocycles. The third-order valence-corrected chi connectivity index (χ3v) is 4.90. The maximum atomic E-state index is 12.7. The summed E-state index contributed by atoms with van der Waals surface area (Å²) in [5.74, 6) is -0.0807. The maximum Gasteiger partial charge on any atom is 0.276 e. The molecule has 2 heterocycles. The molecule has 24 heavy (non-hydrogen) atoms. The molecular weight excluding hydrogens is 368 g/mol. The number of amides is 1. The molecule has 1 aliphatic rings. The lowest BCUT2D eigenvalue weighted by Crippen LogP contribution is -2.36. The quantitative estimate of drug-likeness (QED) is 0.683. The Morgan fingerprint density at radius 3 is 2.62 bits per heavy atom. The van der Waals surface area contributed by atoms with Gasteiger partial charge in [0.25, 0.3) is 5.91 Å². The molecule has 1 aliphatic heterocycles. The molecule has 120 valence electrons. The van der Waals surface area contributed by atoms with Crippen molar-refractivity contribution in [1.82, 2.24) is 19.9 Å². The van der Waals surface area contributed by atoms with Crippen molar-refractivity contribution in [2.24, 2.45) is 0 Å². The fourth-order valence-electron chi connectivity index (χ4n) is 2.95. The number of fused-ring (bicyclic) bond motifs is 1. The number of hydrogen-bond donors (Lipinski definition) is 0. The minimum atomic E-state index is -0.0807. The number of carbonyl (C=O) groups excluding carboxylic acids is 1. The number of para-hydroxylation sites is 1. The number of aromatic nitrogens is 3. The lowest BCUT2D eigenvalue weighted by atomic mass is 10.00. The molecule has 0 radical (unpaired) electrons. The van der Waals surface area contributed by atoms with Crippen molar-refractivity contribution in [3.8, 4) is 5.69 Å². The highest BCUT2D eigenvalue weighted by Gasteiger charge is 2.23. The van der Waals surface area contributed by atoms with Crippen LogP contribution in [0.4, 0.5) is 0 Å². The van der Waals surface area contributed by atoms with E-state index in [9.17, 15) is 4.79 Å². The SMILES string of the molecule is O=C(c1cn(-c2ccccc2Br)nn1)N1CCc2ccccc2C1. The average Bonchev–Trinajstić information content (AvgIpc) is 3.11. The van der Waals surface area contributed by atoms with Crippen LogP contribution in [0.25, 0.3) is 5.69 Å². The first kappa shape index (κ1) is 15.1. The van der Waals surface area contributed by atoms with Crippen molar-refractivity contribution in [2.45, 2.75) is 13.0 Å². The minimum absolute atomic E-state index is 0.0807. The highest BCUT2D eigenvalue weighted by Crippen LogP contribution is 2.22. The summed E-state index contributed by atoms with van der Waals surface area (Å²) in [6, 6.07) is 16.0. The zero-order chi connectivity index (χ0) is 16.5. The zero-order valence-corrected chi connectivity index (χ0v) is 14.5. The summed E-state index contributed by atoms with van der Waals surface area (Å²) in [7, 11) is 0. The lowest BCUT2D eigenvalue weighted by Gasteiger charge is -2.28. The average molecular weight is 383 g/mol. The Bertz CT molecular complexity index is 905. The van der Waals surface area contributed by atoms with Crippen LogP contribution < -0.4 is 0 Å². The second-order valence-electron chi connectivity index (χ2n) is 5.75. The Balaban J connectivity index is 1.57. The summed E-state index contributed by atoms with van der Waals surface area (Å²) in [5.41, 5.74) is 3.74. The van der Waals surface area contributed by atoms with E-state index in [0.717, 1.165) is 16.6 Å². The van der Waals surface area contributed by atoms with Crippen molar-refractivity contribution >= 4 is 21.8 Å². The van der Waals surface area contributed by atoms with E-state index >= 15 is 0 Å². The van der Waals surface area contributed by atoms with Crippen LogP contribution in [0, 0.1) is 0 Å². The number of halogens is 1. The van der Waals surface area contributed by atoms with E-state index in [4.69, 9.17) is 0 Å². The normalized spacial score (nSPS) is 13.6. The van der Waals surface area contributed by atoms with Gasteiger partial charge in [0.05, 0.1) is 11.9 Å². The monoisotopic (exact) mass is 382 g/mol. The molecule has 0 spiro atoms. The van der Waals surface area contributed by atoms with Gasteiger partial charge in [0.15, 0.2) is 5.69 Å². The molecule has 0 saturated heterocycles. The Morgan fingerprint density at radius 1 is 1.04 bits per heavy atom. The van der Waals surface area contributed by atoms with Gasteiger partial charge in [0.1, 0.15) is 0 Å². The fraction of sp³-hybridized carbons (Fsp3) is 0.167. The van der Waals surface area contributed by atoms with Gasteiger partial charge in [0, 0.05) is 17.6 Å². The van der Waals surface area contributed by atoms with E-state index in [-0.39, 0.29) is 5.91 Å². The molecule has 0 bridgehead atoms. The maximum absolute atomic E-state index is 12.7. The molecular formula is C18H15BrN4O. The minimum Gasteiger partial charge on any atom is -0.333 e. The number of hydrogen-bond acceptors (Lipinski definition) is 3. The van der Waals surface area contributed by atoms with Gasteiger partial charge >= 0.3 is 0 Å². The van der Waals surface area contributed by atoms with Gasteiger partial charge < -0.3 is 4.90 Å². The summed E-state index contributed by atoms with van der Waals surface area (Å²) in [5, 5.41) is 8.16. The molecule has 0 fully saturated rings.